The molecule has 1 amide bonds. The van der Waals surface area contributed by atoms with Crippen LogP contribution in [0.4, 0.5) is 0 Å². The van der Waals surface area contributed by atoms with Crippen LogP contribution in [0.2, 0.25) is 0 Å². The number of aldehydes is 1. The standard InChI is InChI=1S/C28H30N2O5/c1-14-5-6-20(18-7-8-30-16(3)9-18)21-10-19-12-28(35,11-15(2)17(4)27(29)34)22(13-31)25(32)24(19)26(33)23(14)21/h5-9,13,19,22,32,35H,10-12H2,1-4H3,(H2,29,34)/b17-15+/t19?,22?,28-/m0/s1. The number of aryl methyl sites for hydroxylation is 2. The van der Waals surface area contributed by atoms with Crippen LogP contribution >= 0.6 is 0 Å². The lowest BCUT2D eigenvalue weighted by molar-refractivity contribution is -0.122. The smallest absolute Gasteiger partial charge is 0.244 e. The van der Waals surface area contributed by atoms with Crippen LogP contribution in [0.1, 0.15) is 53.9 Å². The summed E-state index contributed by atoms with van der Waals surface area (Å²) in [4.78, 5) is 41.7. The van der Waals surface area contributed by atoms with Crippen molar-refractivity contribution in [1.82, 2.24) is 4.98 Å². The molecule has 4 N–H and O–H groups in total. The number of carbonyl (C=O) groups excluding carboxylic acids is 3. The molecule has 182 valence electrons. The van der Waals surface area contributed by atoms with E-state index in [1.165, 1.54) is 0 Å². The van der Waals surface area contributed by atoms with Gasteiger partial charge in [0.05, 0.1) is 5.60 Å². The lowest BCUT2D eigenvalue weighted by atomic mass is 9.62. The van der Waals surface area contributed by atoms with Crippen LogP contribution in [0.25, 0.3) is 11.1 Å². The molecule has 3 atom stereocenters. The van der Waals surface area contributed by atoms with Gasteiger partial charge in [0.1, 0.15) is 18.0 Å². The number of rotatable bonds is 5. The van der Waals surface area contributed by atoms with Crippen molar-refractivity contribution in [2.45, 2.75) is 52.6 Å². The predicted octanol–water partition coefficient (Wildman–Crippen LogP) is 3.69. The van der Waals surface area contributed by atoms with Gasteiger partial charge in [-0.25, -0.2) is 0 Å². The molecular weight excluding hydrogens is 444 g/mol. The van der Waals surface area contributed by atoms with E-state index >= 15 is 0 Å². The Bertz CT molecular complexity index is 1320. The van der Waals surface area contributed by atoms with E-state index in [4.69, 9.17) is 5.73 Å². The molecule has 35 heavy (non-hydrogen) atoms. The SMILES string of the molecule is C/C(C[C@]1(O)CC2Cc3c(-c4ccnc(C)c4)ccc(C)c3C(=O)C2=C(O)C1C=O)=C(/C)C(N)=O. The normalized spacial score (nSPS) is 24.4. The molecule has 1 heterocycles. The molecule has 0 saturated carbocycles. The van der Waals surface area contributed by atoms with Gasteiger partial charge in [0.25, 0.3) is 0 Å². The number of pyridine rings is 1. The molecule has 0 saturated heterocycles. The molecule has 7 heteroatoms. The highest BCUT2D eigenvalue weighted by Gasteiger charge is 2.51. The molecule has 1 aromatic carbocycles. The van der Waals surface area contributed by atoms with Crippen molar-refractivity contribution in [1.29, 1.82) is 0 Å². The number of primary amides is 1. The Balaban J connectivity index is 1.86. The van der Waals surface area contributed by atoms with Crippen molar-refractivity contribution in [3.63, 3.8) is 0 Å². The molecule has 2 unspecified atom stereocenters. The summed E-state index contributed by atoms with van der Waals surface area (Å²) in [7, 11) is 0. The summed E-state index contributed by atoms with van der Waals surface area (Å²) in [5, 5.41) is 22.7. The molecule has 0 radical (unpaired) electrons. The number of ketones is 1. The van der Waals surface area contributed by atoms with Gasteiger partial charge in [0, 0.05) is 28.6 Å². The Morgan fingerprint density at radius 3 is 2.60 bits per heavy atom. The van der Waals surface area contributed by atoms with Crippen LogP contribution in [0.3, 0.4) is 0 Å². The first-order valence-corrected chi connectivity index (χ1v) is 11.7. The number of aliphatic hydroxyl groups is 2. The second-order valence-corrected chi connectivity index (χ2v) is 9.87. The molecule has 7 nitrogen and oxygen atoms in total. The van der Waals surface area contributed by atoms with Crippen LogP contribution in [0.5, 0.6) is 0 Å². The van der Waals surface area contributed by atoms with Gasteiger partial charge in [0.2, 0.25) is 5.91 Å². The second-order valence-electron chi connectivity index (χ2n) is 9.87. The van der Waals surface area contributed by atoms with E-state index < -0.39 is 23.3 Å². The molecule has 4 rings (SSSR count). The Morgan fingerprint density at radius 1 is 1.26 bits per heavy atom. The van der Waals surface area contributed by atoms with Gasteiger partial charge in [-0.2, -0.15) is 0 Å². The Hall–Kier alpha value is -3.58. The third kappa shape index (κ3) is 4.10. The highest BCUT2D eigenvalue weighted by atomic mass is 16.3. The molecule has 0 fully saturated rings. The number of carbonyl (C=O) groups is 3. The van der Waals surface area contributed by atoms with Crippen LogP contribution in [0, 0.1) is 25.7 Å². The zero-order chi connectivity index (χ0) is 25.7. The fourth-order valence-electron chi connectivity index (χ4n) is 5.60. The topological polar surface area (TPSA) is 131 Å². The first kappa shape index (κ1) is 24.5. The maximum Gasteiger partial charge on any atom is 0.244 e. The van der Waals surface area contributed by atoms with Crippen molar-refractivity contribution in [2.75, 3.05) is 0 Å². The summed E-state index contributed by atoms with van der Waals surface area (Å²) in [5.74, 6) is -3.07. The lowest BCUT2D eigenvalue weighted by Crippen LogP contribution is -2.49. The monoisotopic (exact) mass is 474 g/mol. The minimum absolute atomic E-state index is 0.0235. The maximum atomic E-state index is 13.7. The van der Waals surface area contributed by atoms with Crippen molar-refractivity contribution in [2.24, 2.45) is 17.6 Å². The number of benzene rings is 1. The van der Waals surface area contributed by atoms with Crippen molar-refractivity contribution < 1.29 is 24.6 Å². The average molecular weight is 475 g/mol. The van der Waals surface area contributed by atoms with E-state index in [9.17, 15) is 24.6 Å². The highest BCUT2D eigenvalue weighted by molar-refractivity contribution is 6.13. The van der Waals surface area contributed by atoms with E-state index in [0.717, 1.165) is 27.9 Å². The van der Waals surface area contributed by atoms with E-state index in [1.54, 1.807) is 20.0 Å². The van der Waals surface area contributed by atoms with Gasteiger partial charge in [-0.3, -0.25) is 14.6 Å². The number of fused-ring (bicyclic) bond motifs is 2. The Labute approximate surface area is 204 Å². The number of hydrogen-bond donors (Lipinski definition) is 3. The zero-order valence-corrected chi connectivity index (χ0v) is 20.4. The van der Waals surface area contributed by atoms with Crippen molar-refractivity contribution in [3.8, 4) is 11.1 Å². The van der Waals surface area contributed by atoms with Crippen molar-refractivity contribution in [3.05, 3.63) is 75.3 Å². The largest absolute Gasteiger partial charge is 0.511 e. The predicted molar refractivity (Wildman–Crippen MR) is 132 cm³/mol. The second kappa shape index (κ2) is 8.89. The summed E-state index contributed by atoms with van der Waals surface area (Å²) in [5.41, 5.74) is 9.64. The van der Waals surface area contributed by atoms with Crippen LogP contribution < -0.4 is 5.73 Å². The summed E-state index contributed by atoms with van der Waals surface area (Å²) in [6.07, 6.45) is 2.70. The molecule has 0 aliphatic heterocycles. The van der Waals surface area contributed by atoms with E-state index in [2.05, 4.69) is 4.98 Å². The van der Waals surface area contributed by atoms with Gasteiger partial charge < -0.3 is 20.7 Å². The number of nitrogens with two attached hydrogens (primary N) is 1. The molecule has 2 aromatic rings. The molecule has 0 spiro atoms. The van der Waals surface area contributed by atoms with Gasteiger partial charge in [-0.05, 0) is 87.3 Å². The number of nitrogens with zero attached hydrogens (tertiary/aromatic N) is 1. The van der Waals surface area contributed by atoms with Crippen LogP contribution in [-0.4, -0.2) is 38.8 Å². The third-order valence-electron chi connectivity index (χ3n) is 7.53. The summed E-state index contributed by atoms with van der Waals surface area (Å²) in [6.45, 7) is 6.99. The van der Waals surface area contributed by atoms with E-state index in [-0.39, 0.29) is 30.0 Å². The fraction of sp³-hybridized carbons (Fsp3) is 0.357. The molecule has 1 aromatic heterocycles. The quantitative estimate of drug-likeness (QED) is 0.447. The van der Waals surface area contributed by atoms with Crippen LogP contribution in [-0.2, 0) is 16.0 Å². The average Bonchev–Trinajstić information content (AvgIpc) is 2.78. The lowest BCUT2D eigenvalue weighted by Gasteiger charge is -2.44. The minimum Gasteiger partial charge on any atom is -0.511 e. The zero-order valence-electron chi connectivity index (χ0n) is 20.4. The Morgan fingerprint density at radius 2 is 1.97 bits per heavy atom. The maximum absolute atomic E-state index is 13.7. The molecule has 0 bridgehead atoms. The third-order valence-corrected chi connectivity index (χ3v) is 7.53. The summed E-state index contributed by atoms with van der Waals surface area (Å²) in [6, 6.07) is 7.72. The van der Waals surface area contributed by atoms with E-state index in [1.807, 2.05) is 38.1 Å². The van der Waals surface area contributed by atoms with Gasteiger partial charge >= 0.3 is 0 Å². The first-order chi connectivity index (χ1) is 16.5. The summed E-state index contributed by atoms with van der Waals surface area (Å²) < 4.78 is 0. The number of Topliss-reactive ketones (excluding diaryl/α,β-unsaturated/α-hetero) is 1. The van der Waals surface area contributed by atoms with Gasteiger partial charge in [-0.1, -0.05) is 17.7 Å². The number of aliphatic hydroxyl groups excluding tert-OH is 1. The highest BCUT2D eigenvalue weighted by Crippen LogP contribution is 2.49. The Kier molecular flexibility index (Phi) is 6.23. The fourth-order valence-corrected chi connectivity index (χ4v) is 5.60. The van der Waals surface area contributed by atoms with Crippen LogP contribution in [0.15, 0.2) is 52.9 Å². The number of amides is 1. The first-order valence-electron chi connectivity index (χ1n) is 11.7. The minimum atomic E-state index is -1.66. The summed E-state index contributed by atoms with van der Waals surface area (Å²) >= 11 is 0. The van der Waals surface area contributed by atoms with Gasteiger partial charge in [-0.15, -0.1) is 0 Å². The molecule has 2 aliphatic carbocycles. The number of aromatic nitrogens is 1. The van der Waals surface area contributed by atoms with E-state index in [0.29, 0.717) is 29.4 Å². The number of hydrogen-bond acceptors (Lipinski definition) is 6. The molecule has 2 aliphatic rings. The van der Waals surface area contributed by atoms with Gasteiger partial charge in [0.15, 0.2) is 5.78 Å². The van der Waals surface area contributed by atoms with Crippen molar-refractivity contribution >= 4 is 18.0 Å². The number of allylic oxidation sites excluding steroid dienone is 1. The molecular formula is C28H30N2O5.